The van der Waals surface area contributed by atoms with Gasteiger partial charge in [-0.3, -0.25) is 0 Å². The number of rotatable bonds is 4. The van der Waals surface area contributed by atoms with Crippen LogP contribution >= 0.6 is 0 Å². The van der Waals surface area contributed by atoms with Gasteiger partial charge in [0.25, 0.3) is 0 Å². The smallest absolute Gasteiger partial charge is 0.00443 e. The maximum absolute atomic E-state index is 6.39. The molecule has 4 bridgehead atoms. The fourth-order valence-electron chi connectivity index (χ4n) is 5.65. The minimum Gasteiger partial charge on any atom is -0.328 e. The third-order valence-electron chi connectivity index (χ3n) is 6.33. The van der Waals surface area contributed by atoms with Crippen molar-refractivity contribution in [2.45, 2.75) is 63.8 Å². The summed E-state index contributed by atoms with van der Waals surface area (Å²) in [6, 6.07) is 0.532. The molecule has 1 unspecified atom stereocenters. The largest absolute Gasteiger partial charge is 0.328 e. The highest BCUT2D eigenvalue weighted by molar-refractivity contribution is 4.99. The molecule has 5 rings (SSSR count). The summed E-state index contributed by atoms with van der Waals surface area (Å²) in [5, 5.41) is 0. The van der Waals surface area contributed by atoms with Crippen LogP contribution in [0.4, 0.5) is 0 Å². The second-order valence-corrected chi connectivity index (χ2v) is 7.77. The quantitative estimate of drug-likeness (QED) is 0.789. The summed E-state index contributed by atoms with van der Waals surface area (Å²) < 4.78 is 0. The van der Waals surface area contributed by atoms with Crippen LogP contribution in [-0.4, -0.2) is 6.04 Å². The van der Waals surface area contributed by atoms with Crippen molar-refractivity contribution in [3.05, 3.63) is 0 Å². The lowest BCUT2D eigenvalue weighted by Crippen LogP contribution is -2.46. The fourth-order valence-corrected chi connectivity index (χ4v) is 5.65. The molecule has 0 aliphatic heterocycles. The predicted molar refractivity (Wildman–Crippen MR) is 70.5 cm³/mol. The van der Waals surface area contributed by atoms with Gasteiger partial charge in [0.05, 0.1) is 0 Å². The maximum Gasteiger partial charge on any atom is 0.00443 e. The van der Waals surface area contributed by atoms with E-state index in [1.165, 1.54) is 25.7 Å². The molecule has 1 atom stereocenters. The highest BCUT2D eigenvalue weighted by Gasteiger charge is 2.48. The molecule has 0 aromatic rings. The van der Waals surface area contributed by atoms with Gasteiger partial charge < -0.3 is 5.73 Å². The molecule has 0 spiro atoms. The first-order valence-corrected chi connectivity index (χ1v) is 8.03. The van der Waals surface area contributed by atoms with Crippen molar-refractivity contribution in [2.75, 3.05) is 0 Å². The Morgan fingerprint density at radius 2 is 1.41 bits per heavy atom. The summed E-state index contributed by atoms with van der Waals surface area (Å²) >= 11 is 0. The van der Waals surface area contributed by atoms with E-state index >= 15 is 0 Å². The summed E-state index contributed by atoms with van der Waals surface area (Å²) in [6.45, 7) is 0. The molecular weight excluding hydrogens is 206 g/mol. The van der Waals surface area contributed by atoms with Gasteiger partial charge in [0.15, 0.2) is 0 Å². The van der Waals surface area contributed by atoms with Crippen LogP contribution in [0.3, 0.4) is 0 Å². The average molecular weight is 233 g/mol. The molecule has 5 fully saturated rings. The van der Waals surface area contributed by atoms with Gasteiger partial charge in [-0.15, -0.1) is 0 Å². The molecule has 2 N–H and O–H groups in total. The van der Waals surface area contributed by atoms with Crippen LogP contribution in [0.15, 0.2) is 0 Å². The summed E-state index contributed by atoms with van der Waals surface area (Å²) in [6.07, 6.45) is 13.5. The lowest BCUT2D eigenvalue weighted by Gasteiger charge is -2.55. The third-order valence-corrected chi connectivity index (χ3v) is 6.33. The van der Waals surface area contributed by atoms with Gasteiger partial charge in [-0.05, 0) is 80.5 Å². The molecule has 0 aromatic carbocycles. The minimum absolute atomic E-state index is 0.532. The highest BCUT2D eigenvalue weighted by Crippen LogP contribution is 2.57. The molecule has 0 saturated heterocycles. The maximum atomic E-state index is 6.39. The Balaban J connectivity index is 1.40. The summed E-state index contributed by atoms with van der Waals surface area (Å²) in [7, 11) is 0. The van der Waals surface area contributed by atoms with E-state index in [4.69, 9.17) is 5.73 Å². The van der Waals surface area contributed by atoms with Crippen LogP contribution in [0.1, 0.15) is 57.8 Å². The van der Waals surface area contributed by atoms with Crippen molar-refractivity contribution in [2.24, 2.45) is 41.2 Å². The van der Waals surface area contributed by atoms with Crippen LogP contribution < -0.4 is 5.73 Å². The van der Waals surface area contributed by atoms with Crippen LogP contribution in [0.25, 0.3) is 0 Å². The normalized spacial score (nSPS) is 49.6. The van der Waals surface area contributed by atoms with Gasteiger partial charge >= 0.3 is 0 Å². The van der Waals surface area contributed by atoms with Crippen LogP contribution in [0.2, 0.25) is 0 Å². The van der Waals surface area contributed by atoms with Crippen molar-refractivity contribution in [3.63, 3.8) is 0 Å². The van der Waals surface area contributed by atoms with Gasteiger partial charge in [0.2, 0.25) is 0 Å². The van der Waals surface area contributed by atoms with E-state index < -0.39 is 0 Å². The second kappa shape index (κ2) is 3.98. The van der Waals surface area contributed by atoms with Crippen LogP contribution in [0, 0.1) is 35.5 Å². The van der Waals surface area contributed by atoms with Crippen molar-refractivity contribution in [1.82, 2.24) is 0 Å². The van der Waals surface area contributed by atoms with Gasteiger partial charge in [0, 0.05) is 6.04 Å². The van der Waals surface area contributed by atoms with E-state index in [-0.39, 0.29) is 0 Å². The van der Waals surface area contributed by atoms with E-state index in [0.717, 1.165) is 35.5 Å². The Bertz CT molecular complexity index is 266. The molecule has 5 saturated carbocycles. The van der Waals surface area contributed by atoms with E-state index in [2.05, 4.69) is 0 Å². The first-order chi connectivity index (χ1) is 8.28. The molecule has 96 valence electrons. The first-order valence-electron chi connectivity index (χ1n) is 8.03. The first kappa shape index (κ1) is 10.8. The molecule has 1 heteroatoms. The third kappa shape index (κ3) is 2.05. The lowest BCUT2D eigenvalue weighted by molar-refractivity contribution is -0.0423. The lowest BCUT2D eigenvalue weighted by atomic mass is 9.51. The van der Waals surface area contributed by atoms with E-state index in [0.29, 0.717) is 6.04 Å². The molecule has 0 aromatic heterocycles. The Hall–Kier alpha value is -0.0400. The number of hydrogen-bond donors (Lipinski definition) is 1. The van der Waals surface area contributed by atoms with Crippen molar-refractivity contribution in [1.29, 1.82) is 0 Å². The molecule has 1 nitrogen and oxygen atoms in total. The summed E-state index contributed by atoms with van der Waals surface area (Å²) in [4.78, 5) is 0. The van der Waals surface area contributed by atoms with Crippen LogP contribution in [0.5, 0.6) is 0 Å². The average Bonchev–Trinajstić information content (AvgIpc) is 3.06. The second-order valence-electron chi connectivity index (χ2n) is 7.77. The number of hydrogen-bond acceptors (Lipinski definition) is 1. The van der Waals surface area contributed by atoms with Crippen molar-refractivity contribution < 1.29 is 0 Å². The molecule has 17 heavy (non-hydrogen) atoms. The van der Waals surface area contributed by atoms with Crippen molar-refractivity contribution in [3.8, 4) is 0 Å². The Labute approximate surface area is 106 Å². The SMILES string of the molecule is NC(CC1CC1)CC1C2CC3CC(C2)CC1C3. The van der Waals surface area contributed by atoms with Gasteiger partial charge in [0.1, 0.15) is 0 Å². The van der Waals surface area contributed by atoms with E-state index in [1.54, 1.807) is 32.1 Å². The van der Waals surface area contributed by atoms with Gasteiger partial charge in [-0.1, -0.05) is 12.8 Å². The zero-order chi connectivity index (χ0) is 11.4. The minimum atomic E-state index is 0.532. The van der Waals surface area contributed by atoms with Gasteiger partial charge in [-0.25, -0.2) is 0 Å². The summed E-state index contributed by atoms with van der Waals surface area (Å²) in [5.41, 5.74) is 6.39. The summed E-state index contributed by atoms with van der Waals surface area (Å²) in [5.74, 6) is 6.44. The Morgan fingerprint density at radius 1 is 0.824 bits per heavy atom. The molecular formula is C16H27N. The molecule has 0 heterocycles. The topological polar surface area (TPSA) is 26.0 Å². The van der Waals surface area contributed by atoms with Crippen LogP contribution in [-0.2, 0) is 0 Å². The molecule has 5 aliphatic carbocycles. The highest BCUT2D eigenvalue weighted by atomic mass is 14.7. The molecule has 0 radical (unpaired) electrons. The molecule has 0 amide bonds. The van der Waals surface area contributed by atoms with Gasteiger partial charge in [-0.2, -0.15) is 0 Å². The van der Waals surface area contributed by atoms with E-state index in [1.807, 2.05) is 0 Å². The van der Waals surface area contributed by atoms with Crippen molar-refractivity contribution >= 4 is 0 Å². The Morgan fingerprint density at radius 3 is 1.94 bits per heavy atom. The zero-order valence-electron chi connectivity index (χ0n) is 11.0. The molecule has 5 aliphatic rings. The van der Waals surface area contributed by atoms with E-state index in [9.17, 15) is 0 Å². The fraction of sp³-hybridized carbons (Fsp3) is 1.00. The number of nitrogens with two attached hydrogens (primary N) is 1. The predicted octanol–water partition coefficient (Wildman–Crippen LogP) is 3.58. The monoisotopic (exact) mass is 233 g/mol. The Kier molecular flexibility index (Phi) is 2.54. The zero-order valence-corrected chi connectivity index (χ0v) is 11.0. The standard InChI is InChI=1S/C16H27N/c17-15(8-10-1-2-10)9-16-13-4-11-3-12(6-13)7-14(16)5-11/h10-16H,1-9,17H2.